The zero-order valence-electron chi connectivity index (χ0n) is 25.5. The van der Waals surface area contributed by atoms with E-state index in [0.29, 0.717) is 5.75 Å². The Balaban J connectivity index is 1.65. The molecule has 15 heteroatoms. The van der Waals surface area contributed by atoms with E-state index < -0.39 is 51.8 Å². The van der Waals surface area contributed by atoms with E-state index in [1.165, 1.54) is 61.5 Å². The summed E-state index contributed by atoms with van der Waals surface area (Å²) in [5.74, 6) is -0.473. The minimum Gasteiger partial charge on any atom is -0.497 e. The molecule has 11 nitrogen and oxygen atoms in total. The lowest BCUT2D eigenvalue weighted by Crippen LogP contribution is -2.50. The molecule has 0 spiro atoms. The number of halogens is 3. The Hall–Kier alpha value is -4.34. The zero-order chi connectivity index (χ0) is 33.8. The maximum atomic E-state index is 13.7. The smallest absolute Gasteiger partial charge is 0.416 e. The number of benzene rings is 3. The second-order valence-electron chi connectivity index (χ2n) is 10.9. The molecule has 46 heavy (non-hydrogen) atoms. The number of carbonyl (C=O) groups excluding carboxylic acids is 2. The van der Waals surface area contributed by atoms with Gasteiger partial charge < -0.3 is 30.1 Å². The highest BCUT2D eigenvalue weighted by Crippen LogP contribution is 2.36. The van der Waals surface area contributed by atoms with Crippen LogP contribution in [0.4, 0.5) is 29.3 Å². The van der Waals surface area contributed by atoms with Gasteiger partial charge in [0.2, 0.25) is 10.0 Å². The van der Waals surface area contributed by atoms with E-state index >= 15 is 0 Å². The molecular formula is C31H35F3N4O7S. The van der Waals surface area contributed by atoms with Crippen LogP contribution in [0.2, 0.25) is 0 Å². The second kappa shape index (κ2) is 14.0. The lowest BCUT2D eigenvalue weighted by atomic mass is 9.99. The fourth-order valence-electron chi connectivity index (χ4n) is 4.87. The Kier molecular flexibility index (Phi) is 10.5. The summed E-state index contributed by atoms with van der Waals surface area (Å²) in [5, 5.41) is 14.9. The number of alkyl halides is 3. The van der Waals surface area contributed by atoms with Crippen molar-refractivity contribution in [3.63, 3.8) is 0 Å². The molecule has 0 bridgehead atoms. The number of sulfonamides is 1. The molecule has 3 N–H and O–H groups in total. The highest BCUT2D eigenvalue weighted by molar-refractivity contribution is 7.89. The first-order valence-electron chi connectivity index (χ1n) is 14.2. The number of urea groups is 1. The monoisotopic (exact) mass is 664 g/mol. The number of fused-ring (bicyclic) bond motifs is 1. The van der Waals surface area contributed by atoms with Crippen LogP contribution in [0.3, 0.4) is 0 Å². The minimum atomic E-state index is -4.54. The molecule has 248 valence electrons. The van der Waals surface area contributed by atoms with Gasteiger partial charge in [-0.1, -0.05) is 13.0 Å². The quantitative estimate of drug-likeness (QED) is 0.296. The Morgan fingerprint density at radius 1 is 1.11 bits per heavy atom. The first-order valence-corrected chi connectivity index (χ1v) is 15.7. The van der Waals surface area contributed by atoms with Crippen LogP contribution >= 0.6 is 0 Å². The van der Waals surface area contributed by atoms with Crippen molar-refractivity contribution in [1.82, 2.24) is 9.21 Å². The van der Waals surface area contributed by atoms with Gasteiger partial charge in [0.1, 0.15) is 11.9 Å². The van der Waals surface area contributed by atoms with Gasteiger partial charge in [-0.25, -0.2) is 13.2 Å². The fourth-order valence-corrected chi connectivity index (χ4v) is 6.05. The number of likely N-dealkylation sites (N-methyl/N-ethyl adjacent to an activating group) is 1. The first kappa shape index (κ1) is 34.5. The Morgan fingerprint density at radius 2 is 1.76 bits per heavy atom. The van der Waals surface area contributed by atoms with E-state index in [9.17, 15) is 36.3 Å². The van der Waals surface area contributed by atoms with Gasteiger partial charge in [0, 0.05) is 25.2 Å². The van der Waals surface area contributed by atoms with Crippen molar-refractivity contribution in [2.75, 3.05) is 44.5 Å². The van der Waals surface area contributed by atoms with Gasteiger partial charge in [0.15, 0.2) is 5.75 Å². The molecule has 3 aromatic rings. The molecule has 4 rings (SSSR count). The van der Waals surface area contributed by atoms with Crippen LogP contribution in [0.1, 0.15) is 29.8 Å². The predicted octanol–water partition coefficient (Wildman–Crippen LogP) is 4.90. The number of para-hydroxylation sites is 1. The molecule has 0 aromatic heterocycles. The van der Waals surface area contributed by atoms with Gasteiger partial charge in [0.05, 0.1) is 48.0 Å². The normalized spacial score (nSPS) is 17.8. The van der Waals surface area contributed by atoms with Gasteiger partial charge in [-0.3, -0.25) is 4.79 Å². The van der Waals surface area contributed by atoms with Gasteiger partial charge >= 0.3 is 12.2 Å². The summed E-state index contributed by atoms with van der Waals surface area (Å²) in [7, 11) is -1.11. The molecule has 0 unspecified atom stereocenters. The number of anilines is 2. The van der Waals surface area contributed by atoms with E-state index in [4.69, 9.17) is 9.47 Å². The molecule has 3 amide bonds. The minimum absolute atomic E-state index is 0.0303. The molecule has 0 saturated carbocycles. The lowest BCUT2D eigenvalue weighted by molar-refractivity contribution is -0.137. The van der Waals surface area contributed by atoms with Crippen molar-refractivity contribution in [1.29, 1.82) is 0 Å². The number of amides is 3. The standard InChI is InChI=1S/C31H35F3N4O7S/c1-19-16-38(20(2)18-39)29(40)25-6-5-7-26(36-30(41)35-22-10-8-21(9-11-22)31(32,33)34)28(25)45-27(19)17-37(3)46(42,43)24-14-12-23(44-4)13-15-24/h5-15,19-20,27,39H,16-18H2,1-4H3,(H2,35,36,41)/t19-,20+,27+/m0/s1. The average molecular weight is 665 g/mol. The Morgan fingerprint density at radius 3 is 2.35 bits per heavy atom. The van der Waals surface area contributed by atoms with E-state index in [-0.39, 0.29) is 47.3 Å². The summed E-state index contributed by atoms with van der Waals surface area (Å²) in [6.07, 6.45) is -5.37. The van der Waals surface area contributed by atoms with Gasteiger partial charge in [0.25, 0.3) is 5.91 Å². The van der Waals surface area contributed by atoms with Crippen molar-refractivity contribution in [3.8, 4) is 11.5 Å². The third-order valence-corrected chi connectivity index (χ3v) is 9.45. The number of carbonyl (C=O) groups is 2. The number of nitrogens with zero attached hydrogens (tertiary/aromatic N) is 2. The SMILES string of the molecule is COc1ccc(S(=O)(=O)N(C)C[C@H]2Oc3c(NC(=O)Nc4ccc(C(F)(F)F)cc4)cccc3C(=O)N([C@H](C)CO)C[C@@H]2C)cc1. The number of methoxy groups -OCH3 is 1. The van der Waals surface area contributed by atoms with E-state index in [2.05, 4.69) is 10.6 Å². The van der Waals surface area contributed by atoms with E-state index in [0.717, 1.165) is 28.6 Å². The largest absolute Gasteiger partial charge is 0.497 e. The van der Waals surface area contributed by atoms with Gasteiger partial charge in [-0.2, -0.15) is 17.5 Å². The van der Waals surface area contributed by atoms with E-state index in [1.54, 1.807) is 13.8 Å². The maximum absolute atomic E-state index is 13.7. The van der Waals surface area contributed by atoms with Crippen LogP contribution in [0.5, 0.6) is 11.5 Å². The molecule has 1 heterocycles. The number of ether oxygens (including phenoxy) is 2. The molecule has 0 saturated heterocycles. The van der Waals surface area contributed by atoms with Crippen LogP contribution in [0.15, 0.2) is 71.6 Å². The van der Waals surface area contributed by atoms with Crippen molar-refractivity contribution in [2.45, 2.75) is 37.1 Å². The van der Waals surface area contributed by atoms with Crippen molar-refractivity contribution < 1.29 is 45.8 Å². The Bertz CT molecular complexity index is 1650. The maximum Gasteiger partial charge on any atom is 0.416 e. The third kappa shape index (κ3) is 7.71. The van der Waals surface area contributed by atoms with Crippen molar-refractivity contribution in [2.24, 2.45) is 5.92 Å². The first-order chi connectivity index (χ1) is 21.6. The number of nitrogens with one attached hydrogen (secondary N) is 2. The topological polar surface area (TPSA) is 138 Å². The number of rotatable bonds is 9. The molecule has 3 aromatic carbocycles. The molecule has 0 fully saturated rings. The predicted molar refractivity (Wildman–Crippen MR) is 165 cm³/mol. The zero-order valence-corrected chi connectivity index (χ0v) is 26.4. The molecular weight excluding hydrogens is 629 g/mol. The third-order valence-electron chi connectivity index (χ3n) is 7.61. The number of hydrogen-bond donors (Lipinski definition) is 3. The summed E-state index contributed by atoms with van der Waals surface area (Å²) >= 11 is 0. The summed E-state index contributed by atoms with van der Waals surface area (Å²) in [6.45, 7) is 3.10. The fraction of sp³-hybridized carbons (Fsp3) is 0.355. The lowest BCUT2D eigenvalue weighted by Gasteiger charge is -2.38. The summed E-state index contributed by atoms with van der Waals surface area (Å²) in [6, 6.07) is 12.8. The highest BCUT2D eigenvalue weighted by atomic mass is 32.2. The molecule has 3 atom stereocenters. The molecule has 1 aliphatic rings. The van der Waals surface area contributed by atoms with Crippen molar-refractivity contribution >= 4 is 33.3 Å². The molecule has 0 radical (unpaired) electrons. The average Bonchev–Trinajstić information content (AvgIpc) is 3.02. The van der Waals surface area contributed by atoms with Crippen molar-refractivity contribution in [3.05, 3.63) is 77.9 Å². The van der Waals surface area contributed by atoms with Gasteiger partial charge in [-0.15, -0.1) is 0 Å². The number of aliphatic hydroxyl groups is 1. The van der Waals surface area contributed by atoms with Crippen LogP contribution in [-0.4, -0.2) is 80.7 Å². The van der Waals surface area contributed by atoms with Crippen LogP contribution in [-0.2, 0) is 16.2 Å². The summed E-state index contributed by atoms with van der Waals surface area (Å²) in [5.41, 5.74) is -0.673. The Labute approximate surface area is 265 Å². The molecule has 0 aliphatic carbocycles. The molecule has 1 aliphatic heterocycles. The van der Waals surface area contributed by atoms with Crippen LogP contribution in [0.25, 0.3) is 0 Å². The number of aliphatic hydroxyl groups excluding tert-OH is 1. The van der Waals surface area contributed by atoms with Crippen LogP contribution in [0, 0.1) is 5.92 Å². The summed E-state index contributed by atoms with van der Waals surface area (Å²) in [4.78, 5) is 28.1. The second-order valence-corrected chi connectivity index (χ2v) is 13.0. The van der Waals surface area contributed by atoms with Gasteiger partial charge in [-0.05, 0) is 67.6 Å². The van der Waals surface area contributed by atoms with Crippen LogP contribution < -0.4 is 20.1 Å². The number of hydrogen-bond acceptors (Lipinski definition) is 7. The summed E-state index contributed by atoms with van der Waals surface area (Å²) < 4.78 is 78.3. The van der Waals surface area contributed by atoms with E-state index in [1.807, 2.05) is 0 Å². The highest BCUT2D eigenvalue weighted by Gasteiger charge is 2.36.